The zero-order valence-corrected chi connectivity index (χ0v) is 26.8. The highest BCUT2D eigenvalue weighted by molar-refractivity contribution is 6.02. The molecule has 0 aliphatic rings. The van der Waals surface area contributed by atoms with Gasteiger partial charge >= 0.3 is 11.9 Å². The SMILES string of the molecule is CC(C)(C)C(=O)c1ccc(OCCOC(=O)CC(=O)NCCNC(=O)CC(=O)OCCOc2ccc(C(=O)C(C)(C)O)cc2)cc1. The summed E-state index contributed by atoms with van der Waals surface area (Å²) in [6.07, 6.45) is -1.05. The van der Waals surface area contributed by atoms with Gasteiger partial charge in [0, 0.05) is 29.6 Å². The average molecular weight is 643 g/mol. The van der Waals surface area contributed by atoms with Crippen LogP contribution in [0.3, 0.4) is 0 Å². The number of hydrogen-bond acceptors (Lipinski definition) is 11. The molecule has 2 aromatic carbocycles. The van der Waals surface area contributed by atoms with E-state index in [-0.39, 0.29) is 45.3 Å². The summed E-state index contributed by atoms with van der Waals surface area (Å²) in [6.45, 7) is 8.25. The highest BCUT2D eigenvalue weighted by atomic mass is 16.6. The number of nitrogens with one attached hydrogen (secondary N) is 2. The molecule has 46 heavy (non-hydrogen) atoms. The number of rotatable bonds is 18. The molecule has 250 valence electrons. The van der Waals surface area contributed by atoms with Crippen molar-refractivity contribution in [2.45, 2.75) is 53.1 Å². The Balaban J connectivity index is 1.51. The van der Waals surface area contributed by atoms with Crippen molar-refractivity contribution in [2.75, 3.05) is 39.5 Å². The van der Waals surface area contributed by atoms with Crippen LogP contribution in [0.1, 0.15) is 68.2 Å². The van der Waals surface area contributed by atoms with E-state index in [2.05, 4.69) is 10.6 Å². The van der Waals surface area contributed by atoms with Gasteiger partial charge in [-0.1, -0.05) is 20.8 Å². The number of amides is 2. The second-order valence-electron chi connectivity index (χ2n) is 11.7. The molecule has 0 atom stereocenters. The van der Waals surface area contributed by atoms with Crippen LogP contribution in [0.25, 0.3) is 0 Å². The van der Waals surface area contributed by atoms with Gasteiger partial charge in [-0.2, -0.15) is 0 Å². The van der Waals surface area contributed by atoms with Gasteiger partial charge in [-0.05, 0) is 62.4 Å². The summed E-state index contributed by atoms with van der Waals surface area (Å²) in [5.41, 5.74) is -1.08. The fraction of sp³-hybridized carbons (Fsp3) is 0.455. The Labute approximate surface area is 267 Å². The number of aliphatic hydroxyl groups is 1. The molecule has 0 heterocycles. The molecule has 0 aromatic heterocycles. The molecule has 0 saturated carbocycles. The van der Waals surface area contributed by atoms with Gasteiger partial charge in [0.1, 0.15) is 56.4 Å². The molecular formula is C33H42N2O11. The van der Waals surface area contributed by atoms with E-state index in [9.17, 15) is 33.9 Å². The largest absolute Gasteiger partial charge is 0.490 e. The molecule has 13 heteroatoms. The van der Waals surface area contributed by atoms with Crippen molar-refractivity contribution < 1.29 is 52.8 Å². The maximum atomic E-state index is 12.3. The first-order valence-corrected chi connectivity index (χ1v) is 14.7. The van der Waals surface area contributed by atoms with Crippen molar-refractivity contribution in [3.8, 4) is 11.5 Å². The third-order valence-corrected chi connectivity index (χ3v) is 6.08. The number of benzene rings is 2. The van der Waals surface area contributed by atoms with Gasteiger partial charge in [-0.25, -0.2) is 0 Å². The minimum absolute atomic E-state index is 0.0122. The minimum atomic E-state index is -1.49. The third-order valence-electron chi connectivity index (χ3n) is 6.08. The third kappa shape index (κ3) is 13.9. The predicted octanol–water partition coefficient (Wildman–Crippen LogP) is 2.43. The van der Waals surface area contributed by atoms with Crippen LogP contribution in [0.2, 0.25) is 0 Å². The molecular weight excluding hydrogens is 600 g/mol. The fourth-order valence-corrected chi connectivity index (χ4v) is 3.71. The lowest BCUT2D eigenvalue weighted by molar-refractivity contribution is -0.148. The van der Waals surface area contributed by atoms with Gasteiger partial charge in [-0.15, -0.1) is 0 Å². The molecule has 0 aliphatic carbocycles. The lowest BCUT2D eigenvalue weighted by atomic mass is 9.86. The molecule has 0 radical (unpaired) electrons. The van der Waals surface area contributed by atoms with E-state index in [1.807, 2.05) is 20.8 Å². The van der Waals surface area contributed by atoms with Crippen molar-refractivity contribution in [3.05, 3.63) is 59.7 Å². The number of carbonyl (C=O) groups excluding carboxylic acids is 6. The van der Waals surface area contributed by atoms with Gasteiger partial charge in [0.25, 0.3) is 0 Å². The monoisotopic (exact) mass is 642 g/mol. The zero-order chi connectivity index (χ0) is 34.3. The number of ketones is 2. The number of hydrogen-bond donors (Lipinski definition) is 3. The Morgan fingerprint density at radius 3 is 1.30 bits per heavy atom. The van der Waals surface area contributed by atoms with E-state index in [1.165, 1.54) is 26.0 Å². The Kier molecular flexibility index (Phi) is 14.3. The van der Waals surface area contributed by atoms with Gasteiger partial charge in [0.15, 0.2) is 11.6 Å². The second-order valence-corrected chi connectivity index (χ2v) is 11.7. The average Bonchev–Trinajstić information content (AvgIpc) is 2.98. The maximum absolute atomic E-state index is 12.3. The first-order valence-electron chi connectivity index (χ1n) is 14.7. The van der Waals surface area contributed by atoms with Crippen LogP contribution in [0.5, 0.6) is 11.5 Å². The van der Waals surface area contributed by atoms with E-state index < -0.39 is 53.4 Å². The molecule has 0 bridgehead atoms. The Morgan fingerprint density at radius 1 is 0.587 bits per heavy atom. The Hall–Kier alpha value is -4.78. The van der Waals surface area contributed by atoms with Crippen molar-refractivity contribution in [1.82, 2.24) is 10.6 Å². The van der Waals surface area contributed by atoms with Crippen molar-refractivity contribution in [1.29, 1.82) is 0 Å². The van der Waals surface area contributed by atoms with Crippen LogP contribution in [-0.4, -0.2) is 85.5 Å². The molecule has 0 unspecified atom stereocenters. The van der Waals surface area contributed by atoms with Crippen LogP contribution in [0, 0.1) is 5.41 Å². The van der Waals surface area contributed by atoms with Gasteiger partial charge < -0.3 is 34.7 Å². The van der Waals surface area contributed by atoms with E-state index >= 15 is 0 Å². The summed E-state index contributed by atoms with van der Waals surface area (Å²) in [4.78, 5) is 71.9. The Bertz CT molecular complexity index is 1250. The minimum Gasteiger partial charge on any atom is -0.490 e. The fourth-order valence-electron chi connectivity index (χ4n) is 3.71. The molecule has 2 rings (SSSR count). The molecule has 0 fully saturated rings. The molecule has 0 saturated heterocycles. The van der Waals surface area contributed by atoms with Crippen LogP contribution in [0.15, 0.2) is 48.5 Å². The Morgan fingerprint density at radius 2 is 0.957 bits per heavy atom. The molecule has 2 amide bonds. The quantitative estimate of drug-likeness (QED) is 0.0939. The molecule has 0 spiro atoms. The van der Waals surface area contributed by atoms with E-state index in [4.69, 9.17) is 18.9 Å². The first-order chi connectivity index (χ1) is 21.6. The number of Topliss-reactive ketones (excluding diaryl/α,β-unsaturated/α-hetero) is 2. The smallest absolute Gasteiger partial charge is 0.315 e. The first kappa shape index (κ1) is 37.4. The molecule has 3 N–H and O–H groups in total. The van der Waals surface area contributed by atoms with E-state index in [0.29, 0.717) is 22.6 Å². The van der Waals surface area contributed by atoms with E-state index in [1.54, 1.807) is 36.4 Å². The summed E-state index contributed by atoms with van der Waals surface area (Å²) < 4.78 is 20.9. The summed E-state index contributed by atoms with van der Waals surface area (Å²) in [5.74, 6) is -2.21. The maximum Gasteiger partial charge on any atom is 0.315 e. The standard InChI is InChI=1S/C33H42N2O11/c1-32(2,3)30(40)22-6-10-24(11-7-22)43-16-18-45-28(38)20-26(36)34-14-15-35-27(37)21-29(39)46-19-17-44-25-12-8-23(9-13-25)31(41)33(4,5)42/h6-13,42H,14-21H2,1-5H3,(H,34,36)(H,35,37). The van der Waals surface area contributed by atoms with Crippen molar-refractivity contribution in [2.24, 2.45) is 5.41 Å². The van der Waals surface area contributed by atoms with Gasteiger partial charge in [-0.3, -0.25) is 28.8 Å². The van der Waals surface area contributed by atoms with Crippen LogP contribution < -0.4 is 20.1 Å². The summed E-state index contributed by atoms with van der Waals surface area (Å²) in [5, 5.41) is 14.7. The highest BCUT2D eigenvalue weighted by Crippen LogP contribution is 2.22. The normalized spacial score (nSPS) is 11.2. The second kappa shape index (κ2) is 17.6. The molecule has 2 aromatic rings. The van der Waals surface area contributed by atoms with Crippen LogP contribution >= 0.6 is 0 Å². The summed E-state index contributed by atoms with van der Waals surface area (Å²) >= 11 is 0. The topological polar surface area (TPSA) is 184 Å². The number of ether oxygens (including phenoxy) is 4. The van der Waals surface area contributed by atoms with E-state index in [0.717, 1.165) is 0 Å². The molecule has 0 aliphatic heterocycles. The highest BCUT2D eigenvalue weighted by Gasteiger charge is 2.25. The summed E-state index contributed by atoms with van der Waals surface area (Å²) in [6, 6.07) is 12.8. The number of carbonyl (C=O) groups is 6. The van der Waals surface area contributed by atoms with Crippen molar-refractivity contribution >= 4 is 35.3 Å². The van der Waals surface area contributed by atoms with Crippen LogP contribution in [-0.2, 0) is 28.7 Å². The van der Waals surface area contributed by atoms with Crippen molar-refractivity contribution in [3.63, 3.8) is 0 Å². The summed E-state index contributed by atoms with van der Waals surface area (Å²) in [7, 11) is 0. The molecule has 13 nitrogen and oxygen atoms in total. The van der Waals surface area contributed by atoms with Gasteiger partial charge in [0.05, 0.1) is 0 Å². The zero-order valence-electron chi connectivity index (χ0n) is 26.8. The lowest BCUT2D eigenvalue weighted by Crippen LogP contribution is -2.36. The number of esters is 2. The lowest BCUT2D eigenvalue weighted by Gasteiger charge is -2.16. The predicted molar refractivity (Wildman–Crippen MR) is 165 cm³/mol. The van der Waals surface area contributed by atoms with Crippen LogP contribution in [0.4, 0.5) is 0 Å². The van der Waals surface area contributed by atoms with Gasteiger partial charge in [0.2, 0.25) is 11.8 Å².